The molecule has 1 N–H and O–H groups in total. The van der Waals surface area contributed by atoms with Gasteiger partial charge in [-0.1, -0.05) is 6.07 Å². The molecular weight excluding hydrogens is 392 g/mol. The van der Waals surface area contributed by atoms with E-state index in [-0.39, 0.29) is 6.42 Å². The third kappa shape index (κ3) is 5.10. The normalized spacial score (nSPS) is 14.1. The van der Waals surface area contributed by atoms with Gasteiger partial charge in [-0.25, -0.2) is 0 Å². The number of hydrogen-bond donors (Lipinski definition) is 1. The number of fused-ring (bicyclic) bond motifs is 1. The Morgan fingerprint density at radius 1 is 1.19 bits per heavy atom. The van der Waals surface area contributed by atoms with Crippen LogP contribution in [0.1, 0.15) is 59.9 Å². The Balaban J connectivity index is 1.48. The number of nitrogens with zero attached hydrogens (tertiary/aromatic N) is 4. The summed E-state index contributed by atoms with van der Waals surface area (Å²) in [5.74, 6) is -0.285. The van der Waals surface area contributed by atoms with Gasteiger partial charge in [0.25, 0.3) is 0 Å². The van der Waals surface area contributed by atoms with Gasteiger partial charge in [-0.3, -0.25) is 19.4 Å². The molecule has 0 spiro atoms. The lowest BCUT2D eigenvalue weighted by atomic mass is 9.95. The minimum atomic E-state index is -0.882. The molecule has 1 aliphatic rings. The van der Waals surface area contributed by atoms with Crippen LogP contribution in [0.3, 0.4) is 0 Å². The zero-order valence-corrected chi connectivity index (χ0v) is 17.8. The van der Waals surface area contributed by atoms with Crippen molar-refractivity contribution in [2.75, 3.05) is 7.11 Å². The van der Waals surface area contributed by atoms with Crippen molar-refractivity contribution in [2.24, 2.45) is 0 Å². The fraction of sp³-hybridized carbons (Fsp3) is 0.417. The molecule has 0 saturated carbocycles. The predicted octanol–water partition coefficient (Wildman–Crippen LogP) is 3.80. The quantitative estimate of drug-likeness (QED) is 0.566. The molecule has 3 heterocycles. The molecule has 7 heteroatoms. The van der Waals surface area contributed by atoms with Crippen LogP contribution >= 0.6 is 0 Å². The second-order valence-electron chi connectivity index (χ2n) is 8.01. The molecule has 1 aliphatic carbocycles. The molecule has 0 radical (unpaired) electrons. The maximum atomic E-state index is 11.6. The van der Waals surface area contributed by atoms with Gasteiger partial charge in [0.1, 0.15) is 5.75 Å². The largest absolute Gasteiger partial charge is 0.495 e. The number of hydrogen-bond acceptors (Lipinski definition) is 5. The van der Waals surface area contributed by atoms with E-state index in [1.54, 1.807) is 25.7 Å². The lowest BCUT2D eigenvalue weighted by Crippen LogP contribution is -2.19. The molecule has 1 unspecified atom stereocenters. The van der Waals surface area contributed by atoms with Crippen LogP contribution in [0.2, 0.25) is 0 Å². The Morgan fingerprint density at radius 3 is 2.90 bits per heavy atom. The van der Waals surface area contributed by atoms with Crippen molar-refractivity contribution >= 4 is 5.97 Å². The van der Waals surface area contributed by atoms with Gasteiger partial charge in [-0.2, -0.15) is 5.10 Å². The van der Waals surface area contributed by atoms with Gasteiger partial charge in [-0.15, -0.1) is 0 Å². The summed E-state index contributed by atoms with van der Waals surface area (Å²) in [5, 5.41) is 13.9. The highest BCUT2D eigenvalue weighted by Gasteiger charge is 2.22. The molecule has 31 heavy (non-hydrogen) atoms. The molecule has 1 atom stereocenters. The van der Waals surface area contributed by atoms with E-state index in [4.69, 9.17) is 9.72 Å². The highest BCUT2D eigenvalue weighted by molar-refractivity contribution is 5.68. The van der Waals surface area contributed by atoms with Crippen LogP contribution < -0.4 is 4.74 Å². The number of carboxylic acids is 1. The van der Waals surface area contributed by atoms with E-state index >= 15 is 0 Å². The predicted molar refractivity (Wildman–Crippen MR) is 116 cm³/mol. The summed E-state index contributed by atoms with van der Waals surface area (Å²) in [5.41, 5.74) is 5.57. The van der Waals surface area contributed by atoms with E-state index in [1.807, 2.05) is 16.8 Å². The SMILES string of the molecule is COc1cncc(C(CC(=O)O)n2nccc2CCCc2ccc3c(n2)CCCC3)c1. The van der Waals surface area contributed by atoms with E-state index in [2.05, 4.69) is 22.2 Å². The van der Waals surface area contributed by atoms with E-state index in [1.165, 1.54) is 24.1 Å². The first kappa shape index (κ1) is 21.0. The molecule has 0 fully saturated rings. The molecule has 0 aliphatic heterocycles. The summed E-state index contributed by atoms with van der Waals surface area (Å²) in [4.78, 5) is 20.6. The van der Waals surface area contributed by atoms with E-state index < -0.39 is 12.0 Å². The van der Waals surface area contributed by atoms with Crippen LogP contribution in [-0.2, 0) is 30.5 Å². The van der Waals surface area contributed by atoms with Crippen molar-refractivity contribution in [1.82, 2.24) is 19.7 Å². The number of rotatable bonds is 9. The number of aliphatic carboxylic acids is 1. The molecule has 4 rings (SSSR count). The first-order chi connectivity index (χ1) is 15.1. The lowest BCUT2D eigenvalue weighted by molar-refractivity contribution is -0.137. The van der Waals surface area contributed by atoms with Crippen LogP contribution in [0.25, 0.3) is 0 Å². The summed E-state index contributed by atoms with van der Waals surface area (Å²) < 4.78 is 7.07. The molecule has 3 aromatic rings. The Kier molecular flexibility index (Phi) is 6.60. The maximum absolute atomic E-state index is 11.6. The molecular formula is C24H28N4O3. The van der Waals surface area contributed by atoms with Crippen molar-refractivity contribution < 1.29 is 14.6 Å². The average Bonchev–Trinajstić information content (AvgIpc) is 3.25. The van der Waals surface area contributed by atoms with E-state index in [0.29, 0.717) is 5.75 Å². The number of carbonyl (C=O) groups is 1. The minimum Gasteiger partial charge on any atom is -0.495 e. The molecule has 3 aromatic heterocycles. The molecule has 0 amide bonds. The fourth-order valence-electron chi connectivity index (χ4n) is 4.28. The highest BCUT2D eigenvalue weighted by Crippen LogP contribution is 2.26. The van der Waals surface area contributed by atoms with Gasteiger partial charge < -0.3 is 9.84 Å². The van der Waals surface area contributed by atoms with Gasteiger partial charge in [0.15, 0.2) is 0 Å². The lowest BCUT2D eigenvalue weighted by Gasteiger charge is -2.19. The first-order valence-electron chi connectivity index (χ1n) is 10.8. The van der Waals surface area contributed by atoms with Gasteiger partial charge in [0, 0.05) is 29.5 Å². The summed E-state index contributed by atoms with van der Waals surface area (Å²) >= 11 is 0. The number of pyridine rings is 2. The summed E-state index contributed by atoms with van der Waals surface area (Å²) in [6.07, 6.45) is 12.3. The van der Waals surface area contributed by atoms with Gasteiger partial charge in [0.05, 0.1) is 25.8 Å². The van der Waals surface area contributed by atoms with Crippen LogP contribution in [0.4, 0.5) is 0 Å². The zero-order chi connectivity index (χ0) is 21.6. The minimum absolute atomic E-state index is 0.0735. The van der Waals surface area contributed by atoms with Crippen molar-refractivity contribution in [1.29, 1.82) is 0 Å². The van der Waals surface area contributed by atoms with Crippen LogP contribution in [0, 0.1) is 0 Å². The van der Waals surface area contributed by atoms with Crippen molar-refractivity contribution in [2.45, 2.75) is 57.4 Å². The smallest absolute Gasteiger partial charge is 0.305 e. The summed E-state index contributed by atoms with van der Waals surface area (Å²) in [6, 6.07) is 7.73. The monoisotopic (exact) mass is 420 g/mol. The fourth-order valence-corrected chi connectivity index (χ4v) is 4.28. The number of aryl methyl sites for hydroxylation is 4. The van der Waals surface area contributed by atoms with Crippen LogP contribution in [-0.4, -0.2) is 37.9 Å². The third-order valence-electron chi connectivity index (χ3n) is 5.87. The number of carboxylic acid groups (broad SMARTS) is 1. The molecule has 7 nitrogen and oxygen atoms in total. The number of methoxy groups -OCH3 is 1. The number of aromatic nitrogens is 4. The molecule has 162 valence electrons. The van der Waals surface area contributed by atoms with E-state index in [0.717, 1.165) is 49.1 Å². The Hall–Kier alpha value is -3.22. The standard InChI is InChI=1S/C24H28N4O3/c1-31-21-13-18(15-25-16-21)23(14-24(29)30)28-20(11-12-26-28)7-4-6-19-10-9-17-5-2-3-8-22(17)27-19/h9-13,15-16,23H,2-8,14H2,1H3,(H,29,30). The topological polar surface area (TPSA) is 90.1 Å². The number of ether oxygens (including phenoxy) is 1. The first-order valence-corrected chi connectivity index (χ1v) is 10.8. The van der Waals surface area contributed by atoms with Gasteiger partial charge >= 0.3 is 5.97 Å². The molecule has 0 bridgehead atoms. The maximum Gasteiger partial charge on any atom is 0.305 e. The molecule has 0 saturated heterocycles. The zero-order valence-electron chi connectivity index (χ0n) is 17.8. The van der Waals surface area contributed by atoms with Crippen LogP contribution in [0.5, 0.6) is 5.75 Å². The van der Waals surface area contributed by atoms with Crippen LogP contribution in [0.15, 0.2) is 42.9 Å². The highest BCUT2D eigenvalue weighted by atomic mass is 16.5. The summed E-state index contributed by atoms with van der Waals surface area (Å²) in [7, 11) is 1.57. The second kappa shape index (κ2) is 9.73. The van der Waals surface area contributed by atoms with Crippen molar-refractivity contribution in [3.05, 3.63) is 71.1 Å². The Labute approximate surface area is 182 Å². The molecule has 0 aromatic carbocycles. The second-order valence-corrected chi connectivity index (χ2v) is 8.01. The average molecular weight is 421 g/mol. The van der Waals surface area contributed by atoms with E-state index in [9.17, 15) is 9.90 Å². The van der Waals surface area contributed by atoms with Gasteiger partial charge in [0.2, 0.25) is 0 Å². The van der Waals surface area contributed by atoms with Crippen molar-refractivity contribution in [3.8, 4) is 5.75 Å². The summed E-state index contributed by atoms with van der Waals surface area (Å²) in [6.45, 7) is 0. The van der Waals surface area contributed by atoms with Gasteiger partial charge in [-0.05, 0) is 74.3 Å². The third-order valence-corrected chi connectivity index (χ3v) is 5.87. The van der Waals surface area contributed by atoms with Crippen molar-refractivity contribution in [3.63, 3.8) is 0 Å². The Morgan fingerprint density at radius 2 is 2.06 bits per heavy atom. The Bertz CT molecular complexity index is 1050.